The summed E-state index contributed by atoms with van der Waals surface area (Å²) in [6.45, 7) is 3.85. The fraction of sp³-hybridized carbons (Fsp3) is 0.136. The summed E-state index contributed by atoms with van der Waals surface area (Å²) >= 11 is 0. The molecule has 6 heteroatoms. The first-order chi connectivity index (χ1) is 13.5. The number of hydrogen-bond donors (Lipinski definition) is 2. The predicted octanol–water partition coefficient (Wildman–Crippen LogP) is 3.71. The number of nitrogens with zero attached hydrogens (tertiary/aromatic N) is 2. The number of aryl methyl sites for hydroxylation is 1. The number of nitrogens with one attached hydrogen (secondary N) is 2. The molecule has 0 fully saturated rings. The molecule has 0 aliphatic carbocycles. The van der Waals surface area contributed by atoms with Crippen LogP contribution in [0, 0.1) is 6.92 Å². The number of benzene rings is 2. The van der Waals surface area contributed by atoms with Gasteiger partial charge >= 0.3 is 0 Å². The number of anilines is 1. The highest BCUT2D eigenvalue weighted by molar-refractivity contribution is 5.89. The number of hydrogen-bond acceptors (Lipinski definition) is 3. The van der Waals surface area contributed by atoms with E-state index in [9.17, 15) is 9.59 Å². The van der Waals surface area contributed by atoms with Crippen molar-refractivity contribution in [2.24, 2.45) is 0 Å². The summed E-state index contributed by atoms with van der Waals surface area (Å²) in [6.07, 6.45) is 3.67. The summed E-state index contributed by atoms with van der Waals surface area (Å²) in [7, 11) is 0. The van der Waals surface area contributed by atoms with E-state index >= 15 is 0 Å². The molecule has 0 bridgehead atoms. The molecule has 4 rings (SSSR count). The van der Waals surface area contributed by atoms with Crippen molar-refractivity contribution in [3.05, 3.63) is 82.5 Å². The van der Waals surface area contributed by atoms with Crippen LogP contribution in [0.3, 0.4) is 0 Å². The third-order valence-corrected chi connectivity index (χ3v) is 4.72. The maximum absolute atomic E-state index is 12.9. The van der Waals surface area contributed by atoms with Crippen LogP contribution in [0.5, 0.6) is 0 Å². The van der Waals surface area contributed by atoms with Gasteiger partial charge in [0.25, 0.3) is 5.56 Å². The molecule has 2 aromatic carbocycles. The van der Waals surface area contributed by atoms with E-state index in [0.717, 1.165) is 33.5 Å². The lowest BCUT2D eigenvalue weighted by atomic mass is 10.0. The molecule has 0 spiro atoms. The Hall–Kier alpha value is -3.67. The lowest BCUT2D eigenvalue weighted by molar-refractivity contribution is -0.114. The maximum Gasteiger partial charge on any atom is 0.258 e. The zero-order chi connectivity index (χ0) is 19.7. The van der Waals surface area contributed by atoms with Crippen LogP contribution in [0.1, 0.15) is 18.2 Å². The van der Waals surface area contributed by atoms with Gasteiger partial charge in [-0.05, 0) is 53.8 Å². The molecule has 4 aromatic rings. The van der Waals surface area contributed by atoms with Crippen molar-refractivity contribution < 1.29 is 4.79 Å². The van der Waals surface area contributed by atoms with Gasteiger partial charge in [-0.15, -0.1) is 0 Å². The number of rotatable bonds is 4. The van der Waals surface area contributed by atoms with E-state index in [1.165, 1.54) is 6.92 Å². The second-order valence-electron chi connectivity index (χ2n) is 6.82. The average molecular weight is 372 g/mol. The van der Waals surface area contributed by atoms with E-state index in [1.807, 2.05) is 67.8 Å². The third-order valence-electron chi connectivity index (χ3n) is 4.72. The molecule has 0 unspecified atom stereocenters. The first-order valence-electron chi connectivity index (χ1n) is 9.02. The molecule has 28 heavy (non-hydrogen) atoms. The van der Waals surface area contributed by atoms with Crippen molar-refractivity contribution in [2.75, 3.05) is 5.32 Å². The van der Waals surface area contributed by atoms with Gasteiger partial charge in [0.2, 0.25) is 5.91 Å². The Labute approximate surface area is 161 Å². The molecule has 0 aliphatic heterocycles. The molecular weight excluding hydrogens is 352 g/mol. The summed E-state index contributed by atoms with van der Waals surface area (Å²) in [6, 6.07) is 15.3. The molecule has 0 aliphatic rings. The average Bonchev–Trinajstić information content (AvgIpc) is 3.09. The number of amides is 1. The van der Waals surface area contributed by atoms with Crippen molar-refractivity contribution in [1.29, 1.82) is 0 Å². The monoisotopic (exact) mass is 372 g/mol. The van der Waals surface area contributed by atoms with Crippen molar-refractivity contribution in [3.63, 3.8) is 0 Å². The number of aromatic nitrogens is 3. The molecule has 140 valence electrons. The molecule has 0 atom stereocenters. The molecular formula is C22H20N4O2. The Bertz CT molecular complexity index is 1240. The largest absolute Gasteiger partial charge is 0.326 e. The highest BCUT2D eigenvalue weighted by Gasteiger charge is 2.08. The topological polar surface area (TPSA) is 79.8 Å². The summed E-state index contributed by atoms with van der Waals surface area (Å²) in [5.74, 6) is -0.122. The summed E-state index contributed by atoms with van der Waals surface area (Å²) in [4.78, 5) is 24.2. The van der Waals surface area contributed by atoms with Gasteiger partial charge in [0, 0.05) is 36.0 Å². The third kappa shape index (κ3) is 3.44. The van der Waals surface area contributed by atoms with Crippen LogP contribution in [-0.2, 0) is 11.3 Å². The Kier molecular flexibility index (Phi) is 4.53. The zero-order valence-corrected chi connectivity index (χ0v) is 15.7. The summed E-state index contributed by atoms with van der Waals surface area (Å²) < 4.78 is 1.68. The van der Waals surface area contributed by atoms with E-state index in [-0.39, 0.29) is 11.5 Å². The second kappa shape index (κ2) is 7.15. The smallest absolute Gasteiger partial charge is 0.258 e. The Morgan fingerprint density at radius 3 is 2.79 bits per heavy atom. The van der Waals surface area contributed by atoms with Crippen LogP contribution in [0.2, 0.25) is 0 Å². The number of fused-ring (bicyclic) bond motifs is 1. The van der Waals surface area contributed by atoms with Crippen LogP contribution in [0.4, 0.5) is 5.69 Å². The van der Waals surface area contributed by atoms with Crippen molar-refractivity contribution in [2.45, 2.75) is 20.4 Å². The fourth-order valence-corrected chi connectivity index (χ4v) is 3.38. The van der Waals surface area contributed by atoms with Crippen LogP contribution >= 0.6 is 0 Å². The lowest BCUT2D eigenvalue weighted by Gasteiger charge is -2.10. The second-order valence-corrected chi connectivity index (χ2v) is 6.82. The number of H-pyrrole nitrogens is 1. The first-order valence-corrected chi connectivity index (χ1v) is 9.02. The molecule has 2 heterocycles. The number of carbonyl (C=O) groups excluding carboxylic acids is 1. The fourth-order valence-electron chi connectivity index (χ4n) is 3.38. The molecule has 0 saturated heterocycles. The lowest BCUT2D eigenvalue weighted by Crippen LogP contribution is -2.20. The maximum atomic E-state index is 12.9. The molecule has 0 saturated carbocycles. The zero-order valence-electron chi connectivity index (χ0n) is 15.7. The summed E-state index contributed by atoms with van der Waals surface area (Å²) in [5, 5.41) is 11.4. The Balaban J connectivity index is 1.68. The molecule has 6 nitrogen and oxygen atoms in total. The van der Waals surface area contributed by atoms with Crippen LogP contribution in [0.15, 0.2) is 65.7 Å². The Morgan fingerprint density at radius 1 is 1.18 bits per heavy atom. The quantitative estimate of drug-likeness (QED) is 0.573. The minimum Gasteiger partial charge on any atom is -0.326 e. The number of pyridine rings is 1. The van der Waals surface area contributed by atoms with Gasteiger partial charge in [0.1, 0.15) is 0 Å². The van der Waals surface area contributed by atoms with Gasteiger partial charge in [-0.3, -0.25) is 14.7 Å². The van der Waals surface area contributed by atoms with Gasteiger partial charge in [0.05, 0.1) is 12.2 Å². The van der Waals surface area contributed by atoms with Gasteiger partial charge in [-0.25, -0.2) is 0 Å². The van der Waals surface area contributed by atoms with Gasteiger partial charge in [-0.2, -0.15) is 5.10 Å². The minimum atomic E-state index is -0.122. The number of aromatic amines is 1. The number of carbonyl (C=O) groups is 1. The normalized spacial score (nSPS) is 10.9. The Morgan fingerprint density at radius 2 is 2.04 bits per heavy atom. The summed E-state index contributed by atoms with van der Waals surface area (Å²) in [5.41, 5.74) is 4.60. The van der Waals surface area contributed by atoms with Crippen LogP contribution in [0.25, 0.3) is 21.9 Å². The van der Waals surface area contributed by atoms with Crippen molar-refractivity contribution in [1.82, 2.24) is 14.8 Å². The standard InChI is InChI=1S/C22H20N4O2/c1-14-21(12-23-25-14)17-6-7-20-18(11-17)8-9-26(22(20)28)13-16-4-3-5-19(10-16)24-15(2)27/h3-12H,13H2,1-2H3,(H,23,25)(H,24,27). The predicted molar refractivity (Wildman–Crippen MR) is 110 cm³/mol. The van der Waals surface area contributed by atoms with E-state index in [4.69, 9.17) is 0 Å². The van der Waals surface area contributed by atoms with Crippen molar-refractivity contribution in [3.8, 4) is 11.1 Å². The molecule has 2 aromatic heterocycles. The molecule has 1 amide bonds. The van der Waals surface area contributed by atoms with Gasteiger partial charge in [-0.1, -0.05) is 18.2 Å². The molecule has 0 radical (unpaired) electrons. The van der Waals surface area contributed by atoms with Crippen LogP contribution < -0.4 is 10.9 Å². The highest BCUT2D eigenvalue weighted by Crippen LogP contribution is 2.24. The van der Waals surface area contributed by atoms with E-state index < -0.39 is 0 Å². The van der Waals surface area contributed by atoms with Crippen LogP contribution in [-0.4, -0.2) is 20.7 Å². The highest BCUT2D eigenvalue weighted by atomic mass is 16.1. The van der Waals surface area contributed by atoms with E-state index in [1.54, 1.807) is 4.57 Å². The minimum absolute atomic E-state index is 0.0436. The van der Waals surface area contributed by atoms with E-state index in [0.29, 0.717) is 11.9 Å². The molecule has 2 N–H and O–H groups in total. The van der Waals surface area contributed by atoms with Crippen molar-refractivity contribution >= 4 is 22.4 Å². The first kappa shape index (κ1) is 17.7. The van der Waals surface area contributed by atoms with Gasteiger partial charge < -0.3 is 9.88 Å². The van der Waals surface area contributed by atoms with E-state index in [2.05, 4.69) is 15.5 Å². The SMILES string of the molecule is CC(=O)Nc1cccc(Cn2ccc3cc(-c4c[nH]nc4C)ccc3c2=O)c1. The van der Waals surface area contributed by atoms with Gasteiger partial charge in [0.15, 0.2) is 0 Å².